The van der Waals surface area contributed by atoms with E-state index in [9.17, 15) is 43.2 Å². The van der Waals surface area contributed by atoms with Crippen LogP contribution in [0.15, 0.2) is 0 Å². The lowest BCUT2D eigenvalue weighted by Gasteiger charge is -2.21. The molecule has 0 rings (SSSR count). The van der Waals surface area contributed by atoms with Crippen molar-refractivity contribution in [2.24, 2.45) is 23.7 Å². The van der Waals surface area contributed by atoms with Gasteiger partial charge >= 0.3 is 39.5 Å². The van der Waals surface area contributed by atoms with Gasteiger partial charge in [0.05, 0.1) is 26.4 Å². The van der Waals surface area contributed by atoms with Gasteiger partial charge in [-0.05, 0) is 49.4 Å². The molecule has 0 spiro atoms. The van der Waals surface area contributed by atoms with E-state index in [-0.39, 0.29) is 25.7 Å². The number of phosphoric acid groups is 2. The highest BCUT2D eigenvalue weighted by Gasteiger charge is 2.30. The van der Waals surface area contributed by atoms with E-state index >= 15 is 0 Å². The minimum Gasteiger partial charge on any atom is -0.462 e. The summed E-state index contributed by atoms with van der Waals surface area (Å²) in [5.74, 6) is 1.04. The number of carbonyl (C=O) groups excluding carboxylic acids is 4. The summed E-state index contributed by atoms with van der Waals surface area (Å²) in [4.78, 5) is 73.2. The monoisotopic (exact) mass is 1520 g/mol. The van der Waals surface area contributed by atoms with Gasteiger partial charge in [0.15, 0.2) is 12.2 Å². The lowest BCUT2D eigenvalue weighted by atomic mass is 9.99. The van der Waals surface area contributed by atoms with Gasteiger partial charge in [0, 0.05) is 25.7 Å². The number of ether oxygens (including phenoxy) is 4. The van der Waals surface area contributed by atoms with Crippen molar-refractivity contribution in [1.82, 2.24) is 0 Å². The van der Waals surface area contributed by atoms with Crippen LogP contribution < -0.4 is 0 Å². The van der Waals surface area contributed by atoms with Crippen molar-refractivity contribution < 1.29 is 80.2 Å². The Bertz CT molecular complexity index is 2030. The molecule has 0 aromatic carbocycles. The third kappa shape index (κ3) is 76.8. The number of hydrogen-bond donors (Lipinski definition) is 3. The molecule has 0 aliphatic rings. The molecule has 0 aromatic heterocycles. The highest BCUT2D eigenvalue weighted by atomic mass is 31.2. The maximum Gasteiger partial charge on any atom is 0.472 e. The van der Waals surface area contributed by atoms with Crippen molar-refractivity contribution >= 4 is 39.5 Å². The third-order valence-electron chi connectivity index (χ3n) is 20.2. The fourth-order valence-electron chi connectivity index (χ4n) is 13.1. The molecule has 0 heterocycles. The lowest BCUT2D eigenvalue weighted by Crippen LogP contribution is -2.30. The Morgan fingerprint density at radius 1 is 0.269 bits per heavy atom. The van der Waals surface area contributed by atoms with E-state index in [1.165, 1.54) is 238 Å². The van der Waals surface area contributed by atoms with Gasteiger partial charge in [-0.15, -0.1) is 0 Å². The van der Waals surface area contributed by atoms with Crippen LogP contribution in [0.5, 0.6) is 0 Å². The lowest BCUT2D eigenvalue weighted by molar-refractivity contribution is -0.161. The largest absolute Gasteiger partial charge is 0.472 e. The van der Waals surface area contributed by atoms with Gasteiger partial charge in [-0.3, -0.25) is 37.3 Å². The predicted octanol–water partition coefficient (Wildman–Crippen LogP) is 25.6. The van der Waals surface area contributed by atoms with Gasteiger partial charge in [0.25, 0.3) is 0 Å². The number of rotatable bonds is 82. The number of aliphatic hydroxyl groups excluding tert-OH is 1. The molecule has 17 nitrogen and oxygen atoms in total. The second kappa shape index (κ2) is 73.8. The molecule has 0 bridgehead atoms. The van der Waals surface area contributed by atoms with E-state index in [2.05, 4.69) is 55.4 Å². The smallest absolute Gasteiger partial charge is 0.462 e. The summed E-state index contributed by atoms with van der Waals surface area (Å²) < 4.78 is 68.8. The number of aliphatic hydroxyl groups is 1. The average Bonchev–Trinajstić information content (AvgIpc) is 0.928. The van der Waals surface area contributed by atoms with E-state index < -0.39 is 97.5 Å². The van der Waals surface area contributed by atoms with Gasteiger partial charge in [-0.1, -0.05) is 389 Å². The normalized spacial score (nSPS) is 14.2. The molecule has 0 aliphatic heterocycles. The fourth-order valence-corrected chi connectivity index (χ4v) is 14.7. The summed E-state index contributed by atoms with van der Waals surface area (Å²) >= 11 is 0. The van der Waals surface area contributed by atoms with Gasteiger partial charge in [-0.25, -0.2) is 9.13 Å². The maximum atomic E-state index is 13.1. The van der Waals surface area contributed by atoms with Crippen LogP contribution in [-0.2, 0) is 65.4 Å². The van der Waals surface area contributed by atoms with Crippen LogP contribution in [0.1, 0.15) is 441 Å². The molecule has 4 unspecified atom stereocenters. The Morgan fingerprint density at radius 3 is 0.683 bits per heavy atom. The summed E-state index contributed by atoms with van der Waals surface area (Å²) in [7, 11) is -9.93. The van der Waals surface area contributed by atoms with Gasteiger partial charge in [-0.2, -0.15) is 0 Å². The van der Waals surface area contributed by atoms with Crippen LogP contribution in [0, 0.1) is 23.7 Å². The number of carbonyl (C=O) groups is 4. The summed E-state index contributed by atoms with van der Waals surface area (Å²) in [6.45, 7) is 14.3. The van der Waals surface area contributed by atoms with Crippen molar-refractivity contribution in [1.29, 1.82) is 0 Å². The van der Waals surface area contributed by atoms with Crippen LogP contribution in [0.3, 0.4) is 0 Å². The molecule has 0 aromatic rings. The first kappa shape index (κ1) is 102. The van der Waals surface area contributed by atoms with Crippen LogP contribution >= 0.6 is 15.6 Å². The molecule has 0 saturated heterocycles. The minimum absolute atomic E-state index is 0.107. The highest BCUT2D eigenvalue weighted by Crippen LogP contribution is 2.45. The van der Waals surface area contributed by atoms with E-state index in [1.54, 1.807) is 0 Å². The minimum atomic E-state index is -4.96. The SMILES string of the molecule is CCC(C)CCCCCCCCCCCCCCCCCCCCC(=O)O[C@H](COC(=O)CCCCCCCCCC(C)C)COP(=O)(O)OCC(O)COP(=O)(O)OC[C@@H](COC(=O)CCCCCCCCCCCCCCC(C)C)OC(=O)CCCCCCCCCCCCCCCCC(C)C. The van der Waals surface area contributed by atoms with Crippen LogP contribution in [-0.4, -0.2) is 96.7 Å². The molecule has 0 aliphatic carbocycles. The molecule has 3 N–H and O–H groups in total. The average molecular weight is 1520 g/mol. The molecule has 19 heteroatoms. The van der Waals surface area contributed by atoms with Crippen LogP contribution in [0.2, 0.25) is 0 Å². The Hall–Kier alpha value is -1.94. The molecule has 0 amide bonds. The third-order valence-corrected chi connectivity index (χ3v) is 22.1. The quantitative estimate of drug-likeness (QED) is 0.0222. The van der Waals surface area contributed by atoms with Crippen molar-refractivity contribution in [2.45, 2.75) is 459 Å². The van der Waals surface area contributed by atoms with E-state index in [0.29, 0.717) is 31.6 Å². The topological polar surface area (TPSA) is 237 Å². The summed E-state index contributed by atoms with van der Waals surface area (Å²) in [6, 6.07) is 0. The molecule has 618 valence electrons. The van der Waals surface area contributed by atoms with Crippen molar-refractivity contribution in [2.75, 3.05) is 39.6 Å². The van der Waals surface area contributed by atoms with Gasteiger partial charge < -0.3 is 33.8 Å². The highest BCUT2D eigenvalue weighted by molar-refractivity contribution is 7.47. The van der Waals surface area contributed by atoms with Crippen molar-refractivity contribution in [3.05, 3.63) is 0 Å². The molecule has 104 heavy (non-hydrogen) atoms. The molecular weight excluding hydrogens is 1350 g/mol. The predicted molar refractivity (Wildman–Crippen MR) is 428 cm³/mol. The fraction of sp³-hybridized carbons (Fsp3) is 0.953. The summed E-state index contributed by atoms with van der Waals surface area (Å²) in [5, 5.41) is 10.7. The number of phosphoric ester groups is 2. The van der Waals surface area contributed by atoms with Gasteiger partial charge in [0.1, 0.15) is 19.3 Å². The first-order chi connectivity index (χ1) is 50.1. The molecule has 0 fully saturated rings. The number of hydrogen-bond acceptors (Lipinski definition) is 15. The summed E-state index contributed by atoms with van der Waals surface area (Å²) in [5.41, 5.74) is 0. The Labute approximate surface area is 638 Å². The first-order valence-corrected chi connectivity index (χ1v) is 46.7. The van der Waals surface area contributed by atoms with Crippen LogP contribution in [0.25, 0.3) is 0 Å². The zero-order chi connectivity index (χ0) is 76.7. The first-order valence-electron chi connectivity index (χ1n) is 43.7. The Morgan fingerprint density at radius 2 is 0.462 bits per heavy atom. The Kier molecular flexibility index (Phi) is 72.5. The second-order valence-corrected chi connectivity index (χ2v) is 35.2. The molecule has 6 atom stereocenters. The van der Waals surface area contributed by atoms with Crippen LogP contribution in [0.4, 0.5) is 0 Å². The number of esters is 4. The number of unbranched alkanes of at least 4 members (excludes halogenated alkanes) is 47. The van der Waals surface area contributed by atoms with Crippen molar-refractivity contribution in [3.63, 3.8) is 0 Å². The zero-order valence-electron chi connectivity index (χ0n) is 68.7. The molecule has 0 radical (unpaired) electrons. The second-order valence-electron chi connectivity index (χ2n) is 32.2. The molecular formula is C85H166O17P2. The van der Waals surface area contributed by atoms with E-state index in [1.807, 2.05) is 0 Å². The Balaban J connectivity index is 5.21. The van der Waals surface area contributed by atoms with Gasteiger partial charge in [0.2, 0.25) is 0 Å². The zero-order valence-corrected chi connectivity index (χ0v) is 70.5. The summed E-state index contributed by atoms with van der Waals surface area (Å²) in [6.07, 6.45) is 62.5. The van der Waals surface area contributed by atoms with Crippen molar-refractivity contribution in [3.8, 4) is 0 Å². The standard InChI is InChI=1S/C85H166O17P2/c1-9-78(8)64-56-48-40-32-26-19-14-12-10-11-13-15-20-28-34-42-51-59-67-85(90)102-81(72-96-83(88)66-58-50-44-36-39-47-55-63-77(6)7)74-100-104(93,94)98-70-79(86)69-97-103(91,92)99-73-80(71-95-82(87)65-57-49-41-33-27-23-22-25-31-38-46-54-62-76(4)5)101-84(89)68-60-52-43-35-29-21-17-16-18-24-30-37-45-53-61-75(2)3/h75-81,86H,9-74H2,1-8H3,(H,91,92)(H,93,94)/t78?,79?,80-,81-/m1/s1. The molecule has 0 saturated carbocycles. The van der Waals surface area contributed by atoms with E-state index in [0.717, 1.165) is 114 Å². The van der Waals surface area contributed by atoms with E-state index in [4.69, 9.17) is 37.0 Å². The maximum absolute atomic E-state index is 13.1.